The molecule has 174 valence electrons. The Balaban J connectivity index is 1.44. The maximum atomic E-state index is 13.4. The number of hydrogen-bond acceptors (Lipinski definition) is 6. The van der Waals surface area contributed by atoms with Crippen molar-refractivity contribution < 1.29 is 9.13 Å². The maximum Gasteiger partial charge on any atom is 0.173 e. The minimum Gasteiger partial charge on any atom is -0.496 e. The molecule has 0 radical (unpaired) electrons. The van der Waals surface area contributed by atoms with E-state index in [0.717, 1.165) is 54.9 Å². The zero-order valence-corrected chi connectivity index (χ0v) is 19.1. The fraction of sp³-hybridized carbons (Fsp3) is 0.480. The third-order valence-electron chi connectivity index (χ3n) is 7.04. The molecule has 2 aliphatic rings. The summed E-state index contributed by atoms with van der Waals surface area (Å²) in [6.45, 7) is 4.48. The molecule has 2 aromatic carbocycles. The van der Waals surface area contributed by atoms with Gasteiger partial charge in [-0.15, -0.1) is 5.10 Å². The normalized spacial score (nSPS) is 19.1. The van der Waals surface area contributed by atoms with Gasteiger partial charge in [-0.05, 0) is 47.0 Å². The molecule has 0 bridgehead atoms. The molecule has 1 unspecified atom stereocenters. The average molecular weight is 451 g/mol. The number of tetrazole rings is 1. The van der Waals surface area contributed by atoms with Crippen LogP contribution in [0, 0.1) is 5.82 Å². The van der Waals surface area contributed by atoms with Crippen molar-refractivity contribution in [1.29, 1.82) is 0 Å². The van der Waals surface area contributed by atoms with Gasteiger partial charge in [-0.3, -0.25) is 9.80 Å². The number of halogens is 1. The molecule has 33 heavy (non-hydrogen) atoms. The Morgan fingerprint density at radius 1 is 1.00 bits per heavy atom. The van der Waals surface area contributed by atoms with Gasteiger partial charge in [-0.2, -0.15) is 0 Å². The molecule has 1 aliphatic carbocycles. The predicted molar refractivity (Wildman–Crippen MR) is 124 cm³/mol. The van der Waals surface area contributed by atoms with Crippen LogP contribution < -0.4 is 4.74 Å². The molecule has 1 saturated heterocycles. The fourth-order valence-electron chi connectivity index (χ4n) is 5.30. The summed E-state index contributed by atoms with van der Waals surface area (Å²) in [6, 6.07) is 15.2. The van der Waals surface area contributed by atoms with Gasteiger partial charge in [-0.25, -0.2) is 9.07 Å². The van der Waals surface area contributed by atoms with E-state index in [-0.39, 0.29) is 11.9 Å². The first-order valence-electron chi connectivity index (χ1n) is 11.8. The van der Waals surface area contributed by atoms with Gasteiger partial charge in [0.05, 0.1) is 13.7 Å². The Morgan fingerprint density at radius 3 is 2.45 bits per heavy atom. The van der Waals surface area contributed by atoms with E-state index in [0.29, 0.717) is 6.54 Å². The van der Waals surface area contributed by atoms with Crippen LogP contribution in [0.25, 0.3) is 0 Å². The summed E-state index contributed by atoms with van der Waals surface area (Å²) < 4.78 is 21.0. The van der Waals surface area contributed by atoms with E-state index in [1.807, 2.05) is 22.9 Å². The number of methoxy groups -OCH3 is 1. The van der Waals surface area contributed by atoms with E-state index >= 15 is 0 Å². The molecule has 1 aromatic heterocycles. The zero-order chi connectivity index (χ0) is 22.6. The van der Waals surface area contributed by atoms with Crippen LogP contribution in [0.1, 0.15) is 48.7 Å². The van der Waals surface area contributed by atoms with Gasteiger partial charge in [0, 0.05) is 37.8 Å². The first-order valence-corrected chi connectivity index (χ1v) is 11.8. The number of benzene rings is 2. The third-order valence-corrected chi connectivity index (χ3v) is 7.04. The van der Waals surface area contributed by atoms with Crippen LogP contribution >= 0.6 is 0 Å². The Labute approximate surface area is 194 Å². The monoisotopic (exact) mass is 450 g/mol. The number of ether oxygens (including phenoxy) is 1. The molecule has 2 heterocycles. The summed E-state index contributed by atoms with van der Waals surface area (Å²) in [5.74, 6) is 1.36. The van der Waals surface area contributed by atoms with Crippen LogP contribution in [0.4, 0.5) is 4.39 Å². The quantitative estimate of drug-likeness (QED) is 0.549. The van der Waals surface area contributed by atoms with Crippen LogP contribution in [0.3, 0.4) is 0 Å². The van der Waals surface area contributed by atoms with Crippen LogP contribution in [0.5, 0.6) is 5.75 Å². The van der Waals surface area contributed by atoms with Gasteiger partial charge in [0.15, 0.2) is 5.82 Å². The largest absolute Gasteiger partial charge is 0.496 e. The maximum absolute atomic E-state index is 13.4. The molecule has 1 aliphatic heterocycles. The Kier molecular flexibility index (Phi) is 6.64. The molecular formula is C25H31FN6O. The minimum atomic E-state index is -0.247. The lowest BCUT2D eigenvalue weighted by Crippen LogP contribution is -2.51. The highest BCUT2D eigenvalue weighted by molar-refractivity contribution is 5.39. The lowest BCUT2D eigenvalue weighted by Gasteiger charge is -2.41. The fourth-order valence-corrected chi connectivity index (χ4v) is 5.30. The van der Waals surface area contributed by atoms with Crippen molar-refractivity contribution in [3.05, 3.63) is 71.3 Å². The van der Waals surface area contributed by atoms with E-state index in [9.17, 15) is 4.39 Å². The van der Waals surface area contributed by atoms with Crippen molar-refractivity contribution in [2.45, 2.75) is 44.3 Å². The molecule has 1 saturated carbocycles. The van der Waals surface area contributed by atoms with Gasteiger partial charge in [-0.1, -0.05) is 43.2 Å². The highest BCUT2D eigenvalue weighted by atomic mass is 19.1. The molecule has 2 fully saturated rings. The van der Waals surface area contributed by atoms with Crippen LogP contribution in [0.15, 0.2) is 48.5 Å². The van der Waals surface area contributed by atoms with E-state index < -0.39 is 0 Å². The highest BCUT2D eigenvalue weighted by Crippen LogP contribution is 2.35. The standard InChI is InChI=1S/C25H31FN6O/c1-33-23-9-5-4-8-22(23)24(31-16-14-30(15-17-31)21-6-2-3-7-21)25-27-28-29-32(25)18-19-10-12-20(26)13-11-19/h4-5,8-13,21,24H,2-3,6-7,14-18H2,1H3. The Bertz CT molecular complexity index is 1040. The second-order valence-electron chi connectivity index (χ2n) is 8.98. The SMILES string of the molecule is COc1ccccc1C(c1nnnn1Cc1ccc(F)cc1)N1CCN(C2CCCC2)CC1. The number of nitrogens with zero attached hydrogens (tertiary/aromatic N) is 6. The summed E-state index contributed by atoms with van der Waals surface area (Å²) in [6.07, 6.45) is 5.36. The van der Waals surface area contributed by atoms with E-state index in [1.165, 1.54) is 37.8 Å². The molecule has 0 N–H and O–H groups in total. The van der Waals surface area contributed by atoms with Crippen molar-refractivity contribution in [1.82, 2.24) is 30.0 Å². The topological polar surface area (TPSA) is 59.3 Å². The van der Waals surface area contributed by atoms with E-state index in [1.54, 1.807) is 19.2 Å². The second kappa shape index (κ2) is 9.97. The Hall–Kier alpha value is -2.84. The molecule has 0 spiro atoms. The van der Waals surface area contributed by atoms with Gasteiger partial charge in [0.1, 0.15) is 17.6 Å². The number of piperazine rings is 1. The smallest absolute Gasteiger partial charge is 0.173 e. The van der Waals surface area contributed by atoms with Crippen molar-refractivity contribution in [2.75, 3.05) is 33.3 Å². The number of aromatic nitrogens is 4. The molecule has 5 rings (SSSR count). The van der Waals surface area contributed by atoms with Crippen LogP contribution in [-0.2, 0) is 6.54 Å². The van der Waals surface area contributed by atoms with Gasteiger partial charge in [0.25, 0.3) is 0 Å². The molecule has 8 heteroatoms. The Morgan fingerprint density at radius 2 is 1.73 bits per heavy atom. The first-order chi connectivity index (χ1) is 16.2. The second-order valence-corrected chi connectivity index (χ2v) is 8.98. The van der Waals surface area contributed by atoms with Crippen molar-refractivity contribution in [3.63, 3.8) is 0 Å². The molecular weight excluding hydrogens is 419 g/mol. The number of hydrogen-bond donors (Lipinski definition) is 0. The summed E-state index contributed by atoms with van der Waals surface area (Å²) in [5, 5.41) is 12.8. The summed E-state index contributed by atoms with van der Waals surface area (Å²) in [7, 11) is 1.70. The van der Waals surface area contributed by atoms with E-state index in [2.05, 4.69) is 31.4 Å². The number of rotatable bonds is 7. The van der Waals surface area contributed by atoms with Gasteiger partial charge >= 0.3 is 0 Å². The highest BCUT2D eigenvalue weighted by Gasteiger charge is 2.34. The van der Waals surface area contributed by atoms with Crippen molar-refractivity contribution in [3.8, 4) is 5.75 Å². The minimum absolute atomic E-state index is 0.123. The number of para-hydroxylation sites is 1. The van der Waals surface area contributed by atoms with E-state index in [4.69, 9.17) is 4.74 Å². The van der Waals surface area contributed by atoms with Crippen LogP contribution in [0.2, 0.25) is 0 Å². The molecule has 3 aromatic rings. The molecule has 1 atom stereocenters. The summed E-state index contributed by atoms with van der Waals surface area (Å²) in [4.78, 5) is 5.13. The lowest BCUT2D eigenvalue weighted by molar-refractivity contribution is 0.0764. The van der Waals surface area contributed by atoms with Gasteiger partial charge < -0.3 is 4.74 Å². The summed E-state index contributed by atoms with van der Waals surface area (Å²) >= 11 is 0. The van der Waals surface area contributed by atoms with Crippen molar-refractivity contribution in [2.24, 2.45) is 0 Å². The summed E-state index contributed by atoms with van der Waals surface area (Å²) in [5.41, 5.74) is 2.01. The van der Waals surface area contributed by atoms with Crippen LogP contribution in [-0.4, -0.2) is 69.3 Å². The zero-order valence-electron chi connectivity index (χ0n) is 19.1. The van der Waals surface area contributed by atoms with Gasteiger partial charge in [0.2, 0.25) is 0 Å². The lowest BCUT2D eigenvalue weighted by atomic mass is 10.0. The molecule has 0 amide bonds. The van der Waals surface area contributed by atoms with Crippen molar-refractivity contribution >= 4 is 0 Å². The predicted octanol–water partition coefficient (Wildman–Crippen LogP) is 3.52. The average Bonchev–Trinajstić information content (AvgIpc) is 3.55. The first kappa shape index (κ1) is 22.0. The molecule has 7 nitrogen and oxygen atoms in total. The third kappa shape index (κ3) is 4.77.